The van der Waals surface area contributed by atoms with Gasteiger partial charge in [0.15, 0.2) is 0 Å². The van der Waals surface area contributed by atoms with Gasteiger partial charge in [0, 0.05) is 23.3 Å². The molecule has 1 saturated heterocycles. The smallest absolute Gasteiger partial charge is 0.239 e. The van der Waals surface area contributed by atoms with Gasteiger partial charge in [0.1, 0.15) is 11.6 Å². The van der Waals surface area contributed by atoms with Crippen LogP contribution >= 0.6 is 15.9 Å². The molecule has 1 aromatic carbocycles. The van der Waals surface area contributed by atoms with Crippen molar-refractivity contribution in [3.05, 3.63) is 64.9 Å². The Morgan fingerprint density at radius 2 is 1.97 bits per heavy atom. The fourth-order valence-corrected chi connectivity index (χ4v) is 4.07. The maximum atomic E-state index is 12.8. The molecule has 166 valence electrons. The number of pyridine rings is 1. The van der Waals surface area contributed by atoms with Crippen LogP contribution in [0.3, 0.4) is 0 Å². The molecule has 1 atom stereocenters. The number of carbonyl (C=O) groups is 2. The number of nitrogens with zero attached hydrogens (tertiary/aromatic N) is 4. The second kappa shape index (κ2) is 10.1. The molecule has 8 nitrogen and oxygen atoms in total. The van der Waals surface area contributed by atoms with Crippen LogP contribution < -0.4 is 10.6 Å². The molecule has 0 aliphatic carbocycles. The molecule has 9 heteroatoms. The monoisotopic (exact) mass is 496 g/mol. The van der Waals surface area contributed by atoms with Gasteiger partial charge < -0.3 is 10.6 Å². The molecular weight excluding hydrogens is 472 g/mol. The normalized spacial score (nSPS) is 16.5. The first kappa shape index (κ1) is 22.2. The summed E-state index contributed by atoms with van der Waals surface area (Å²) >= 11 is 3.34. The third-order valence-corrected chi connectivity index (χ3v) is 5.79. The maximum Gasteiger partial charge on any atom is 0.239 e. The highest BCUT2D eigenvalue weighted by molar-refractivity contribution is 9.10. The van der Waals surface area contributed by atoms with Crippen LogP contribution in [0.4, 0.5) is 11.6 Å². The van der Waals surface area contributed by atoms with E-state index < -0.39 is 0 Å². The van der Waals surface area contributed by atoms with Gasteiger partial charge in [0.2, 0.25) is 11.8 Å². The van der Waals surface area contributed by atoms with E-state index in [4.69, 9.17) is 0 Å². The average Bonchev–Trinajstić information content (AvgIpc) is 3.15. The molecule has 0 spiro atoms. The van der Waals surface area contributed by atoms with Crippen LogP contribution in [-0.4, -0.2) is 51.1 Å². The van der Waals surface area contributed by atoms with Crippen molar-refractivity contribution >= 4 is 39.4 Å². The molecular formula is C23H25BrN6O2. The summed E-state index contributed by atoms with van der Waals surface area (Å²) in [4.78, 5) is 31.7. The third-order valence-electron chi connectivity index (χ3n) is 5.32. The average molecular weight is 497 g/mol. The number of carbonyl (C=O) groups excluding carboxylic acids is 2. The van der Waals surface area contributed by atoms with Crippen molar-refractivity contribution in [3.63, 3.8) is 0 Å². The van der Waals surface area contributed by atoms with Crippen LogP contribution in [0.1, 0.15) is 18.5 Å². The zero-order valence-corrected chi connectivity index (χ0v) is 19.4. The standard InChI is InChI=1S/C23H25BrN6O2/c1-16-12-21(30(28-16)19-7-3-2-4-8-19)27-22(31)15-29-11-5-6-17(14-29)23(32)26-20-10-9-18(24)13-25-20/h2-4,7-10,12-13,17H,5-6,11,14-15H2,1H3,(H,27,31)(H,25,26,32)/t17-/m0/s1. The number of hydrogen-bond acceptors (Lipinski definition) is 5. The van der Waals surface area contributed by atoms with Crippen molar-refractivity contribution in [2.24, 2.45) is 5.92 Å². The molecule has 0 radical (unpaired) electrons. The predicted octanol–water partition coefficient (Wildman–Crippen LogP) is 3.63. The lowest BCUT2D eigenvalue weighted by atomic mass is 9.97. The first-order valence-corrected chi connectivity index (χ1v) is 11.3. The van der Waals surface area contributed by atoms with Gasteiger partial charge in [0.25, 0.3) is 0 Å². The molecule has 3 heterocycles. The van der Waals surface area contributed by atoms with Gasteiger partial charge >= 0.3 is 0 Å². The fraction of sp³-hybridized carbons (Fsp3) is 0.304. The number of anilines is 2. The summed E-state index contributed by atoms with van der Waals surface area (Å²) in [6.07, 6.45) is 3.30. The molecule has 32 heavy (non-hydrogen) atoms. The Morgan fingerprint density at radius 1 is 1.16 bits per heavy atom. The van der Waals surface area contributed by atoms with Crippen LogP contribution in [0.5, 0.6) is 0 Å². The summed E-state index contributed by atoms with van der Waals surface area (Å²) in [6.45, 7) is 3.43. The van der Waals surface area contributed by atoms with Crippen molar-refractivity contribution in [1.29, 1.82) is 0 Å². The van der Waals surface area contributed by atoms with E-state index in [2.05, 4.69) is 36.6 Å². The molecule has 0 saturated carbocycles. The summed E-state index contributed by atoms with van der Waals surface area (Å²) in [5.74, 6) is 0.781. The van der Waals surface area contributed by atoms with E-state index in [0.717, 1.165) is 35.2 Å². The van der Waals surface area contributed by atoms with Gasteiger partial charge in [-0.05, 0) is 66.5 Å². The van der Waals surface area contributed by atoms with Gasteiger partial charge in [0.05, 0.1) is 23.8 Å². The number of piperidine rings is 1. The number of hydrogen-bond donors (Lipinski definition) is 2. The van der Waals surface area contributed by atoms with E-state index in [1.54, 1.807) is 16.9 Å². The van der Waals surface area contributed by atoms with E-state index in [1.165, 1.54) is 0 Å². The second-order valence-electron chi connectivity index (χ2n) is 7.89. The minimum absolute atomic E-state index is 0.0669. The first-order chi connectivity index (χ1) is 15.5. The highest BCUT2D eigenvalue weighted by atomic mass is 79.9. The molecule has 0 unspecified atom stereocenters. The van der Waals surface area contributed by atoms with Gasteiger partial charge in [-0.25, -0.2) is 9.67 Å². The number of halogens is 1. The number of nitrogens with one attached hydrogen (secondary N) is 2. The van der Waals surface area contributed by atoms with E-state index in [0.29, 0.717) is 18.2 Å². The van der Waals surface area contributed by atoms with E-state index in [1.807, 2.05) is 54.3 Å². The van der Waals surface area contributed by atoms with Gasteiger partial charge in [-0.2, -0.15) is 5.10 Å². The van der Waals surface area contributed by atoms with Crippen LogP contribution in [0, 0.1) is 12.8 Å². The summed E-state index contributed by atoms with van der Waals surface area (Å²) in [5.41, 5.74) is 1.70. The van der Waals surface area contributed by atoms with Gasteiger partial charge in [-0.3, -0.25) is 14.5 Å². The number of para-hydroxylation sites is 1. The maximum absolute atomic E-state index is 12.8. The van der Waals surface area contributed by atoms with Crippen molar-refractivity contribution in [2.75, 3.05) is 30.3 Å². The molecule has 2 aromatic heterocycles. The second-order valence-corrected chi connectivity index (χ2v) is 8.81. The largest absolute Gasteiger partial charge is 0.310 e. The zero-order valence-electron chi connectivity index (χ0n) is 17.8. The topological polar surface area (TPSA) is 92.2 Å². The fourth-order valence-electron chi connectivity index (χ4n) is 3.83. The molecule has 1 aliphatic heterocycles. The molecule has 1 fully saturated rings. The highest BCUT2D eigenvalue weighted by Crippen LogP contribution is 2.20. The predicted molar refractivity (Wildman–Crippen MR) is 127 cm³/mol. The Morgan fingerprint density at radius 3 is 2.72 bits per heavy atom. The van der Waals surface area contributed by atoms with Crippen LogP contribution in [0.25, 0.3) is 5.69 Å². The molecule has 3 aromatic rings. The molecule has 2 N–H and O–H groups in total. The van der Waals surface area contributed by atoms with E-state index >= 15 is 0 Å². The number of likely N-dealkylation sites (tertiary alicyclic amines) is 1. The summed E-state index contributed by atoms with van der Waals surface area (Å²) in [7, 11) is 0. The lowest BCUT2D eigenvalue weighted by Crippen LogP contribution is -2.44. The Labute approximate surface area is 195 Å². The Bertz CT molecular complexity index is 1080. The first-order valence-electron chi connectivity index (χ1n) is 10.5. The summed E-state index contributed by atoms with van der Waals surface area (Å²) in [5, 5.41) is 10.3. The number of rotatable bonds is 6. The zero-order chi connectivity index (χ0) is 22.5. The number of aromatic nitrogens is 3. The van der Waals surface area contributed by atoms with Gasteiger partial charge in [-0.1, -0.05) is 18.2 Å². The van der Waals surface area contributed by atoms with E-state index in [-0.39, 0.29) is 24.3 Å². The van der Waals surface area contributed by atoms with E-state index in [9.17, 15) is 9.59 Å². The minimum Gasteiger partial charge on any atom is -0.310 e. The van der Waals surface area contributed by atoms with Crippen LogP contribution in [0.15, 0.2) is 59.2 Å². The quantitative estimate of drug-likeness (QED) is 0.543. The minimum atomic E-state index is -0.181. The Kier molecular flexibility index (Phi) is 6.96. The van der Waals surface area contributed by atoms with Crippen LogP contribution in [-0.2, 0) is 9.59 Å². The third kappa shape index (κ3) is 5.60. The lowest BCUT2D eigenvalue weighted by molar-refractivity contribution is -0.123. The Balaban J connectivity index is 1.35. The molecule has 2 amide bonds. The van der Waals surface area contributed by atoms with Crippen molar-refractivity contribution < 1.29 is 9.59 Å². The van der Waals surface area contributed by atoms with Crippen molar-refractivity contribution in [1.82, 2.24) is 19.7 Å². The number of amides is 2. The van der Waals surface area contributed by atoms with Crippen molar-refractivity contribution in [2.45, 2.75) is 19.8 Å². The summed E-state index contributed by atoms with van der Waals surface area (Å²) in [6, 6.07) is 15.1. The molecule has 1 aliphatic rings. The Hall–Kier alpha value is -3.04. The molecule has 4 rings (SSSR count). The summed E-state index contributed by atoms with van der Waals surface area (Å²) < 4.78 is 2.58. The SMILES string of the molecule is Cc1cc(NC(=O)CN2CCC[C@H](C(=O)Nc3ccc(Br)cn3)C2)n(-c2ccccc2)n1. The van der Waals surface area contributed by atoms with Gasteiger partial charge in [-0.15, -0.1) is 0 Å². The van der Waals surface area contributed by atoms with Crippen molar-refractivity contribution in [3.8, 4) is 5.69 Å². The molecule has 0 bridgehead atoms. The lowest BCUT2D eigenvalue weighted by Gasteiger charge is -2.31. The number of benzene rings is 1. The number of aryl methyl sites for hydroxylation is 1. The van der Waals surface area contributed by atoms with Crippen LogP contribution in [0.2, 0.25) is 0 Å². The highest BCUT2D eigenvalue weighted by Gasteiger charge is 2.27.